The molecule has 0 aromatic carbocycles. The van der Waals surface area contributed by atoms with E-state index in [-0.39, 0.29) is 18.0 Å². The monoisotopic (exact) mass is 307 g/mol. The van der Waals surface area contributed by atoms with Crippen LogP contribution >= 0.6 is 0 Å². The fourth-order valence-electron chi connectivity index (χ4n) is 3.56. The van der Waals surface area contributed by atoms with E-state index in [4.69, 9.17) is 4.74 Å². The van der Waals surface area contributed by atoms with E-state index in [1.807, 2.05) is 19.3 Å². The second-order valence-corrected chi connectivity index (χ2v) is 6.22. The summed E-state index contributed by atoms with van der Waals surface area (Å²) in [5.74, 6) is -0.112. The summed E-state index contributed by atoms with van der Waals surface area (Å²) < 4.78 is 7.18. The van der Waals surface area contributed by atoms with Crippen molar-refractivity contribution in [3.8, 4) is 0 Å². The summed E-state index contributed by atoms with van der Waals surface area (Å²) in [5.41, 5.74) is 0.626. The quantitative estimate of drug-likeness (QED) is 0.847. The number of aryl methyl sites for hydroxylation is 1. The summed E-state index contributed by atoms with van der Waals surface area (Å²) in [6.07, 6.45) is 4.17. The molecule has 2 aliphatic rings. The highest BCUT2D eigenvalue weighted by Gasteiger charge is 2.36. The van der Waals surface area contributed by atoms with Gasteiger partial charge in [-0.3, -0.25) is 9.69 Å². The molecule has 2 fully saturated rings. The summed E-state index contributed by atoms with van der Waals surface area (Å²) in [7, 11) is 1.85. The molecule has 0 radical (unpaired) electrons. The van der Waals surface area contributed by atoms with Crippen LogP contribution in [0.5, 0.6) is 0 Å². The number of hydrogen-bond acceptors (Lipinski definition) is 4. The van der Waals surface area contributed by atoms with E-state index >= 15 is 0 Å². The Kier molecular flexibility index (Phi) is 4.81. The van der Waals surface area contributed by atoms with Crippen molar-refractivity contribution in [1.82, 2.24) is 14.8 Å². The van der Waals surface area contributed by atoms with Gasteiger partial charge in [-0.2, -0.15) is 0 Å². The van der Waals surface area contributed by atoms with E-state index in [0.717, 1.165) is 45.6 Å². The third-order valence-electron chi connectivity index (χ3n) is 4.83. The Morgan fingerprint density at radius 1 is 1.36 bits per heavy atom. The second-order valence-electron chi connectivity index (χ2n) is 6.22. The Bertz CT molecular complexity index is 510. The van der Waals surface area contributed by atoms with Crippen molar-refractivity contribution in [2.45, 2.75) is 37.5 Å². The number of rotatable bonds is 3. The molecule has 22 heavy (non-hydrogen) atoms. The lowest BCUT2D eigenvalue weighted by Gasteiger charge is -2.43. The number of amides is 1. The van der Waals surface area contributed by atoms with Crippen molar-refractivity contribution in [3.05, 3.63) is 24.0 Å². The molecule has 0 spiro atoms. The van der Waals surface area contributed by atoms with E-state index < -0.39 is 6.10 Å². The van der Waals surface area contributed by atoms with Gasteiger partial charge in [-0.15, -0.1) is 0 Å². The smallest absolute Gasteiger partial charge is 0.268 e. The van der Waals surface area contributed by atoms with Crippen LogP contribution in [0.4, 0.5) is 0 Å². The van der Waals surface area contributed by atoms with Gasteiger partial charge in [-0.25, -0.2) is 0 Å². The van der Waals surface area contributed by atoms with E-state index in [2.05, 4.69) is 10.2 Å². The number of aromatic nitrogens is 1. The zero-order chi connectivity index (χ0) is 15.5. The number of aliphatic hydroxyl groups excluding tert-OH is 1. The molecule has 2 heterocycles. The van der Waals surface area contributed by atoms with Gasteiger partial charge in [0, 0.05) is 32.4 Å². The number of morpholine rings is 1. The number of ether oxygens (including phenoxy) is 1. The van der Waals surface area contributed by atoms with Crippen molar-refractivity contribution in [3.63, 3.8) is 0 Å². The van der Waals surface area contributed by atoms with Gasteiger partial charge in [0.25, 0.3) is 5.91 Å². The van der Waals surface area contributed by atoms with E-state index in [0.29, 0.717) is 5.69 Å². The standard InChI is InChI=1S/C16H25N3O3/c1-18-7-3-6-14(18)16(21)17-12-4-2-5-13(15(12)20)19-8-10-22-11-9-19/h3,6-7,12-13,15,20H,2,4-5,8-11H2,1H3,(H,17,21)/t12-,13-,15-/m1/s1. The highest BCUT2D eigenvalue weighted by Crippen LogP contribution is 2.25. The molecule has 2 N–H and O–H groups in total. The predicted octanol–water partition coefficient (Wildman–Crippen LogP) is 0.369. The maximum atomic E-state index is 12.3. The Hall–Kier alpha value is -1.37. The van der Waals surface area contributed by atoms with E-state index in [9.17, 15) is 9.90 Å². The van der Waals surface area contributed by atoms with Gasteiger partial charge in [-0.1, -0.05) is 0 Å². The van der Waals surface area contributed by atoms with Gasteiger partial charge >= 0.3 is 0 Å². The normalized spacial score (nSPS) is 30.2. The van der Waals surface area contributed by atoms with Crippen LogP contribution in [0.25, 0.3) is 0 Å². The average Bonchev–Trinajstić information content (AvgIpc) is 2.96. The molecule has 122 valence electrons. The molecule has 1 saturated heterocycles. The molecule has 0 unspecified atom stereocenters. The summed E-state index contributed by atoms with van der Waals surface area (Å²) in [6.45, 7) is 3.17. The maximum absolute atomic E-state index is 12.3. The molecule has 6 nitrogen and oxygen atoms in total. The first-order valence-electron chi connectivity index (χ1n) is 8.09. The van der Waals surface area contributed by atoms with Gasteiger partial charge in [0.2, 0.25) is 0 Å². The minimum Gasteiger partial charge on any atom is -0.389 e. The van der Waals surface area contributed by atoms with E-state index in [1.54, 1.807) is 10.6 Å². The number of carbonyl (C=O) groups is 1. The van der Waals surface area contributed by atoms with Crippen LogP contribution < -0.4 is 5.32 Å². The molecule has 0 bridgehead atoms. The van der Waals surface area contributed by atoms with Gasteiger partial charge in [0.05, 0.1) is 25.4 Å². The molecule has 1 amide bonds. The van der Waals surface area contributed by atoms with Gasteiger partial charge in [0.15, 0.2) is 0 Å². The Labute approximate surface area is 131 Å². The summed E-state index contributed by atoms with van der Waals surface area (Å²) >= 11 is 0. The highest BCUT2D eigenvalue weighted by atomic mass is 16.5. The van der Waals surface area contributed by atoms with Gasteiger partial charge in [0.1, 0.15) is 5.69 Å². The number of aliphatic hydroxyl groups is 1. The Balaban J connectivity index is 1.63. The first-order chi connectivity index (χ1) is 10.7. The number of nitrogens with zero attached hydrogens (tertiary/aromatic N) is 2. The fourth-order valence-corrected chi connectivity index (χ4v) is 3.56. The van der Waals surface area contributed by atoms with Crippen molar-refractivity contribution in [2.24, 2.45) is 7.05 Å². The first kappa shape index (κ1) is 15.5. The first-order valence-corrected chi connectivity index (χ1v) is 8.09. The predicted molar refractivity (Wildman–Crippen MR) is 82.7 cm³/mol. The average molecular weight is 307 g/mol. The van der Waals surface area contributed by atoms with Crippen LogP contribution in [0.2, 0.25) is 0 Å². The number of carbonyl (C=O) groups excluding carboxylic acids is 1. The molecule has 3 atom stereocenters. The summed E-state index contributed by atoms with van der Waals surface area (Å²) in [4.78, 5) is 14.6. The lowest BCUT2D eigenvalue weighted by molar-refractivity contribution is -0.0460. The SMILES string of the molecule is Cn1cccc1C(=O)N[C@@H]1CCC[C@@H](N2CCOCC2)[C@@H]1O. The molecule has 1 aliphatic carbocycles. The van der Waals surface area contributed by atoms with Crippen molar-refractivity contribution in [1.29, 1.82) is 0 Å². The Morgan fingerprint density at radius 3 is 2.82 bits per heavy atom. The molecular formula is C16H25N3O3. The highest BCUT2D eigenvalue weighted by molar-refractivity contribution is 5.92. The second kappa shape index (κ2) is 6.81. The number of hydrogen-bond donors (Lipinski definition) is 2. The molecule has 6 heteroatoms. The zero-order valence-corrected chi connectivity index (χ0v) is 13.1. The maximum Gasteiger partial charge on any atom is 0.268 e. The topological polar surface area (TPSA) is 66.7 Å². The zero-order valence-electron chi connectivity index (χ0n) is 13.1. The van der Waals surface area contributed by atoms with E-state index in [1.165, 1.54) is 0 Å². The Morgan fingerprint density at radius 2 is 2.14 bits per heavy atom. The molecule has 3 rings (SSSR count). The van der Waals surface area contributed by atoms with Crippen LogP contribution in [0, 0.1) is 0 Å². The van der Waals surface area contributed by atoms with Crippen LogP contribution in [0.3, 0.4) is 0 Å². The van der Waals surface area contributed by atoms with Gasteiger partial charge in [-0.05, 0) is 31.4 Å². The lowest BCUT2D eigenvalue weighted by Crippen LogP contribution is -2.58. The van der Waals surface area contributed by atoms with Crippen LogP contribution in [-0.4, -0.2) is 65.0 Å². The summed E-state index contributed by atoms with van der Waals surface area (Å²) in [5, 5.41) is 13.7. The van der Waals surface area contributed by atoms with Gasteiger partial charge < -0.3 is 19.7 Å². The molecular weight excluding hydrogens is 282 g/mol. The van der Waals surface area contributed by atoms with Crippen LogP contribution in [-0.2, 0) is 11.8 Å². The largest absolute Gasteiger partial charge is 0.389 e. The summed E-state index contributed by atoms with van der Waals surface area (Å²) in [6, 6.07) is 3.59. The lowest BCUT2D eigenvalue weighted by atomic mass is 9.86. The molecule has 1 saturated carbocycles. The third kappa shape index (κ3) is 3.19. The fraction of sp³-hybridized carbons (Fsp3) is 0.688. The van der Waals surface area contributed by atoms with Crippen LogP contribution in [0.1, 0.15) is 29.8 Å². The molecule has 1 aromatic heterocycles. The third-order valence-corrected chi connectivity index (χ3v) is 4.83. The van der Waals surface area contributed by atoms with Crippen molar-refractivity contribution in [2.75, 3.05) is 26.3 Å². The number of nitrogens with one attached hydrogen (secondary N) is 1. The van der Waals surface area contributed by atoms with Crippen molar-refractivity contribution >= 4 is 5.91 Å². The molecule has 1 aromatic rings. The van der Waals surface area contributed by atoms with Crippen LogP contribution in [0.15, 0.2) is 18.3 Å². The van der Waals surface area contributed by atoms with Crippen molar-refractivity contribution < 1.29 is 14.6 Å². The minimum absolute atomic E-state index is 0.112. The molecule has 1 aliphatic heterocycles. The minimum atomic E-state index is -0.518.